The Labute approximate surface area is 128 Å². The molecule has 1 fully saturated rings. The Morgan fingerprint density at radius 3 is 2.64 bits per heavy atom. The number of aliphatic carboxylic acids is 1. The molecule has 1 aliphatic heterocycles. The first-order valence-electron chi connectivity index (χ1n) is 6.64. The van der Waals surface area contributed by atoms with E-state index in [0.29, 0.717) is 5.56 Å². The zero-order chi connectivity index (χ0) is 16.5. The lowest BCUT2D eigenvalue weighted by Gasteiger charge is -2.31. The van der Waals surface area contributed by atoms with Crippen molar-refractivity contribution in [3.05, 3.63) is 29.3 Å². The lowest BCUT2D eigenvalue weighted by Crippen LogP contribution is -2.48. The van der Waals surface area contributed by atoms with Crippen LogP contribution in [-0.4, -0.2) is 62.4 Å². The summed E-state index contributed by atoms with van der Waals surface area (Å²) in [6.45, 7) is 1.99. The van der Waals surface area contributed by atoms with Gasteiger partial charge in [0.15, 0.2) is 15.9 Å². The van der Waals surface area contributed by atoms with E-state index in [0.717, 1.165) is 6.26 Å². The van der Waals surface area contributed by atoms with Crippen LogP contribution in [0.3, 0.4) is 0 Å². The van der Waals surface area contributed by atoms with Gasteiger partial charge in [0.1, 0.15) is 0 Å². The van der Waals surface area contributed by atoms with Crippen molar-refractivity contribution in [2.75, 3.05) is 26.0 Å². The monoisotopic (exact) mass is 327 g/mol. The fourth-order valence-corrected chi connectivity index (χ4v) is 3.29. The van der Waals surface area contributed by atoms with Crippen LogP contribution in [0, 0.1) is 6.92 Å². The van der Waals surface area contributed by atoms with Crippen molar-refractivity contribution >= 4 is 21.7 Å². The van der Waals surface area contributed by atoms with Crippen molar-refractivity contribution in [3.63, 3.8) is 0 Å². The minimum Gasteiger partial charge on any atom is -0.479 e. The number of sulfone groups is 1. The van der Waals surface area contributed by atoms with E-state index < -0.39 is 27.8 Å². The van der Waals surface area contributed by atoms with Gasteiger partial charge in [0.2, 0.25) is 0 Å². The molecule has 1 atom stereocenters. The summed E-state index contributed by atoms with van der Waals surface area (Å²) in [4.78, 5) is 24.8. The van der Waals surface area contributed by atoms with Gasteiger partial charge in [-0.15, -0.1) is 0 Å². The summed E-state index contributed by atoms with van der Waals surface area (Å²) >= 11 is 0. The molecule has 1 aromatic carbocycles. The summed E-state index contributed by atoms with van der Waals surface area (Å²) in [5.41, 5.74) is 0.779. The minimum absolute atomic E-state index is 0.0593. The number of amides is 1. The molecule has 0 spiro atoms. The van der Waals surface area contributed by atoms with E-state index >= 15 is 0 Å². The number of morpholine rings is 1. The Morgan fingerprint density at radius 1 is 1.36 bits per heavy atom. The topological polar surface area (TPSA) is 101 Å². The average molecular weight is 327 g/mol. The predicted molar refractivity (Wildman–Crippen MR) is 77.6 cm³/mol. The quantitative estimate of drug-likeness (QED) is 0.858. The summed E-state index contributed by atoms with van der Waals surface area (Å²) in [7, 11) is -3.43. The first kappa shape index (κ1) is 16.4. The molecule has 1 heterocycles. The Hall–Kier alpha value is -1.93. The number of aryl methyl sites for hydroxylation is 1. The SMILES string of the molecule is Cc1ccc(C(=O)N2CCOC(C(=O)O)C2)cc1S(C)(=O)=O. The van der Waals surface area contributed by atoms with Crippen molar-refractivity contribution in [1.29, 1.82) is 0 Å². The van der Waals surface area contributed by atoms with Crippen LogP contribution in [0.1, 0.15) is 15.9 Å². The van der Waals surface area contributed by atoms with Gasteiger partial charge in [0.25, 0.3) is 5.91 Å². The standard InChI is InChI=1S/C14H17NO6S/c1-9-3-4-10(7-12(9)22(2,19)20)13(16)15-5-6-21-11(8-15)14(17)18/h3-4,7,11H,5-6,8H2,1-2H3,(H,17,18). The molecule has 7 nitrogen and oxygen atoms in total. The summed E-state index contributed by atoms with van der Waals surface area (Å²) < 4.78 is 28.5. The number of carboxylic acids is 1. The van der Waals surface area contributed by atoms with Crippen molar-refractivity contribution in [1.82, 2.24) is 4.90 Å². The number of carboxylic acid groups (broad SMARTS) is 1. The number of rotatable bonds is 3. The van der Waals surface area contributed by atoms with Gasteiger partial charge in [0, 0.05) is 18.4 Å². The van der Waals surface area contributed by atoms with Crippen molar-refractivity contribution in [2.24, 2.45) is 0 Å². The molecule has 22 heavy (non-hydrogen) atoms. The smallest absolute Gasteiger partial charge is 0.334 e. The fraction of sp³-hybridized carbons (Fsp3) is 0.429. The minimum atomic E-state index is -3.43. The Kier molecular flexibility index (Phi) is 4.52. The lowest BCUT2D eigenvalue weighted by molar-refractivity contribution is -0.154. The molecule has 0 aromatic heterocycles. The van der Waals surface area contributed by atoms with Gasteiger partial charge in [-0.25, -0.2) is 13.2 Å². The van der Waals surface area contributed by atoms with Crippen LogP contribution in [0.25, 0.3) is 0 Å². The molecule has 120 valence electrons. The third-order valence-corrected chi connectivity index (χ3v) is 4.70. The lowest BCUT2D eigenvalue weighted by atomic mass is 10.1. The summed E-state index contributed by atoms with van der Waals surface area (Å²) in [6.07, 6.45) is 0.0243. The highest BCUT2D eigenvalue weighted by molar-refractivity contribution is 7.90. The molecule has 1 N–H and O–H groups in total. The van der Waals surface area contributed by atoms with E-state index in [2.05, 4.69) is 0 Å². The van der Waals surface area contributed by atoms with E-state index in [1.165, 1.54) is 17.0 Å². The molecule has 0 bridgehead atoms. The zero-order valence-corrected chi connectivity index (χ0v) is 13.1. The van der Waals surface area contributed by atoms with Crippen LogP contribution >= 0.6 is 0 Å². The molecular formula is C14H17NO6S. The number of carbonyl (C=O) groups is 2. The van der Waals surface area contributed by atoms with E-state index in [1.807, 2.05) is 0 Å². The van der Waals surface area contributed by atoms with Gasteiger partial charge in [0.05, 0.1) is 18.0 Å². The van der Waals surface area contributed by atoms with Crippen molar-refractivity contribution in [2.45, 2.75) is 17.9 Å². The van der Waals surface area contributed by atoms with Gasteiger partial charge >= 0.3 is 5.97 Å². The van der Waals surface area contributed by atoms with Crippen LogP contribution in [0.4, 0.5) is 0 Å². The summed E-state index contributed by atoms with van der Waals surface area (Å²) in [6, 6.07) is 4.44. The number of hydrogen-bond acceptors (Lipinski definition) is 5. The van der Waals surface area contributed by atoms with Crippen LogP contribution < -0.4 is 0 Å². The molecule has 0 aliphatic carbocycles. The largest absolute Gasteiger partial charge is 0.479 e. The van der Waals surface area contributed by atoms with E-state index in [9.17, 15) is 18.0 Å². The highest BCUT2D eigenvalue weighted by Gasteiger charge is 2.29. The van der Waals surface area contributed by atoms with E-state index in [4.69, 9.17) is 9.84 Å². The maximum atomic E-state index is 12.4. The van der Waals surface area contributed by atoms with Crippen molar-refractivity contribution < 1.29 is 27.9 Å². The molecule has 1 unspecified atom stereocenters. The highest BCUT2D eigenvalue weighted by atomic mass is 32.2. The second kappa shape index (κ2) is 6.05. The van der Waals surface area contributed by atoms with E-state index in [1.54, 1.807) is 13.0 Å². The first-order valence-corrected chi connectivity index (χ1v) is 8.53. The molecule has 2 rings (SSSR count). The molecular weight excluding hydrogens is 310 g/mol. The Balaban J connectivity index is 2.28. The number of benzene rings is 1. The van der Waals surface area contributed by atoms with Crippen LogP contribution in [0.2, 0.25) is 0 Å². The second-order valence-electron chi connectivity index (χ2n) is 5.20. The van der Waals surface area contributed by atoms with Crippen molar-refractivity contribution in [3.8, 4) is 0 Å². The molecule has 1 aliphatic rings. The third-order valence-electron chi connectivity index (χ3n) is 3.46. The van der Waals surface area contributed by atoms with Crippen LogP contribution in [0.5, 0.6) is 0 Å². The maximum absolute atomic E-state index is 12.4. The van der Waals surface area contributed by atoms with Gasteiger partial charge in [-0.3, -0.25) is 4.79 Å². The molecule has 0 saturated carbocycles. The first-order chi connectivity index (χ1) is 10.2. The highest BCUT2D eigenvalue weighted by Crippen LogP contribution is 2.19. The van der Waals surface area contributed by atoms with Gasteiger partial charge in [-0.05, 0) is 24.6 Å². The fourth-order valence-electron chi connectivity index (χ4n) is 2.30. The van der Waals surface area contributed by atoms with E-state index in [-0.39, 0.29) is 30.2 Å². The zero-order valence-electron chi connectivity index (χ0n) is 12.3. The molecule has 8 heteroatoms. The van der Waals surface area contributed by atoms with Gasteiger partial charge < -0.3 is 14.7 Å². The van der Waals surface area contributed by atoms with Gasteiger partial charge in [-0.2, -0.15) is 0 Å². The third kappa shape index (κ3) is 3.45. The molecule has 0 radical (unpaired) electrons. The Bertz CT molecular complexity index is 712. The van der Waals surface area contributed by atoms with Crippen LogP contribution in [-0.2, 0) is 19.4 Å². The van der Waals surface area contributed by atoms with Gasteiger partial charge in [-0.1, -0.05) is 6.07 Å². The molecule has 1 amide bonds. The summed E-state index contributed by atoms with van der Waals surface area (Å²) in [5.74, 6) is -1.53. The average Bonchev–Trinajstić information content (AvgIpc) is 2.46. The molecule has 1 aromatic rings. The Morgan fingerprint density at radius 2 is 2.05 bits per heavy atom. The van der Waals surface area contributed by atoms with Crippen LogP contribution in [0.15, 0.2) is 23.1 Å². The number of carbonyl (C=O) groups excluding carboxylic acids is 1. The number of hydrogen-bond donors (Lipinski definition) is 1. The normalized spacial score (nSPS) is 19.0. The number of ether oxygens (including phenoxy) is 1. The summed E-state index contributed by atoms with van der Waals surface area (Å²) in [5, 5.41) is 8.95. The number of nitrogens with zero attached hydrogens (tertiary/aromatic N) is 1. The predicted octanol–water partition coefficient (Wildman–Crippen LogP) is 0.324. The maximum Gasteiger partial charge on any atom is 0.334 e. The second-order valence-corrected chi connectivity index (χ2v) is 7.19. The molecule has 1 saturated heterocycles.